The van der Waals surface area contributed by atoms with E-state index in [-0.39, 0.29) is 11.9 Å². The van der Waals surface area contributed by atoms with Crippen LogP contribution in [0.1, 0.15) is 32.1 Å². The molecule has 0 heterocycles. The van der Waals surface area contributed by atoms with Crippen LogP contribution in [0, 0.1) is 17.8 Å². The summed E-state index contributed by atoms with van der Waals surface area (Å²) in [7, 11) is 1.50. The third kappa shape index (κ3) is 1.13. The fourth-order valence-electron chi connectivity index (χ4n) is 3.01. The molecule has 2 rings (SSSR count). The highest BCUT2D eigenvalue weighted by molar-refractivity contribution is 5.73. The summed E-state index contributed by atoms with van der Waals surface area (Å²) in [5.41, 5.74) is 0. The zero-order valence-corrected chi connectivity index (χ0v) is 7.58. The molecule has 2 saturated carbocycles. The first-order valence-electron chi connectivity index (χ1n) is 4.90. The van der Waals surface area contributed by atoms with Gasteiger partial charge in [-0.1, -0.05) is 12.8 Å². The third-order valence-electron chi connectivity index (χ3n) is 3.59. The van der Waals surface area contributed by atoms with E-state index >= 15 is 0 Å². The number of ether oxygens (including phenoxy) is 1. The summed E-state index contributed by atoms with van der Waals surface area (Å²) in [6.07, 6.45) is 6.25. The minimum Gasteiger partial charge on any atom is -0.469 e. The third-order valence-corrected chi connectivity index (χ3v) is 3.59. The van der Waals surface area contributed by atoms with Crippen molar-refractivity contribution < 1.29 is 9.53 Å². The molecule has 2 fully saturated rings. The lowest BCUT2D eigenvalue weighted by Gasteiger charge is -2.15. The molecule has 2 aliphatic carbocycles. The Morgan fingerprint density at radius 2 is 2.08 bits per heavy atom. The summed E-state index contributed by atoms with van der Waals surface area (Å²) >= 11 is 0. The van der Waals surface area contributed by atoms with Gasteiger partial charge in [0, 0.05) is 0 Å². The molecule has 0 amide bonds. The van der Waals surface area contributed by atoms with Crippen LogP contribution < -0.4 is 0 Å². The average Bonchev–Trinajstić information content (AvgIpc) is 2.62. The quantitative estimate of drug-likeness (QED) is 0.560. The van der Waals surface area contributed by atoms with Crippen molar-refractivity contribution in [3.05, 3.63) is 0 Å². The van der Waals surface area contributed by atoms with E-state index in [1.165, 1.54) is 32.8 Å². The van der Waals surface area contributed by atoms with Gasteiger partial charge in [-0.2, -0.15) is 0 Å². The molecule has 2 nitrogen and oxygen atoms in total. The van der Waals surface area contributed by atoms with Crippen LogP contribution in [0.4, 0.5) is 0 Å². The molecular weight excluding hydrogens is 152 g/mol. The molecule has 0 aromatic heterocycles. The minimum atomic E-state index is 0.0319. The fourth-order valence-corrected chi connectivity index (χ4v) is 3.01. The molecular formula is C10H16O2. The van der Waals surface area contributed by atoms with Crippen LogP contribution in [0.25, 0.3) is 0 Å². The average molecular weight is 168 g/mol. The van der Waals surface area contributed by atoms with Gasteiger partial charge in [-0.15, -0.1) is 0 Å². The van der Waals surface area contributed by atoms with Gasteiger partial charge in [0.15, 0.2) is 0 Å². The van der Waals surface area contributed by atoms with Crippen molar-refractivity contribution in [2.24, 2.45) is 17.8 Å². The van der Waals surface area contributed by atoms with Crippen LogP contribution in [0.2, 0.25) is 0 Å². The molecule has 68 valence electrons. The number of rotatable bonds is 1. The molecule has 1 unspecified atom stereocenters. The first-order valence-corrected chi connectivity index (χ1v) is 4.90. The van der Waals surface area contributed by atoms with E-state index < -0.39 is 0 Å². The standard InChI is InChI=1S/C10H16O2/c1-12-10(11)9-6-5-7-3-2-4-8(7)9/h7-9H,2-6H2,1H3/t7-,8-,9?/m0/s1. The van der Waals surface area contributed by atoms with Crippen LogP contribution >= 0.6 is 0 Å². The van der Waals surface area contributed by atoms with E-state index in [9.17, 15) is 4.79 Å². The molecule has 0 aliphatic heterocycles. The van der Waals surface area contributed by atoms with Gasteiger partial charge in [0.25, 0.3) is 0 Å². The Kier molecular flexibility index (Phi) is 2.07. The maximum Gasteiger partial charge on any atom is 0.308 e. The summed E-state index contributed by atoms with van der Waals surface area (Å²) in [6, 6.07) is 0. The summed E-state index contributed by atoms with van der Waals surface area (Å²) in [5, 5.41) is 0. The Morgan fingerprint density at radius 1 is 1.25 bits per heavy atom. The monoisotopic (exact) mass is 168 g/mol. The van der Waals surface area contributed by atoms with Crippen molar-refractivity contribution in [3.8, 4) is 0 Å². The molecule has 2 heteroatoms. The van der Waals surface area contributed by atoms with Gasteiger partial charge in [0.1, 0.15) is 0 Å². The highest BCUT2D eigenvalue weighted by Crippen LogP contribution is 2.47. The summed E-state index contributed by atoms with van der Waals surface area (Å²) in [4.78, 5) is 11.3. The van der Waals surface area contributed by atoms with E-state index in [1.54, 1.807) is 0 Å². The lowest BCUT2D eigenvalue weighted by Crippen LogP contribution is -2.20. The Hall–Kier alpha value is -0.530. The van der Waals surface area contributed by atoms with Gasteiger partial charge in [-0.3, -0.25) is 4.79 Å². The number of carbonyl (C=O) groups excluding carboxylic acids is 1. The maximum absolute atomic E-state index is 11.3. The SMILES string of the molecule is COC(=O)C1CC[C@@H]2CCC[C@H]12. The zero-order chi connectivity index (χ0) is 8.55. The summed E-state index contributed by atoms with van der Waals surface area (Å²) < 4.78 is 4.80. The second kappa shape index (κ2) is 3.08. The normalized spacial score (nSPS) is 39.6. The van der Waals surface area contributed by atoms with E-state index in [0.29, 0.717) is 5.92 Å². The molecule has 0 aromatic carbocycles. The number of fused-ring (bicyclic) bond motifs is 1. The second-order valence-corrected chi connectivity index (χ2v) is 4.06. The Balaban J connectivity index is 2.04. The second-order valence-electron chi connectivity index (χ2n) is 4.06. The van der Waals surface area contributed by atoms with E-state index in [4.69, 9.17) is 4.74 Å². The van der Waals surface area contributed by atoms with Crippen LogP contribution in [-0.2, 0) is 9.53 Å². The topological polar surface area (TPSA) is 26.3 Å². The van der Waals surface area contributed by atoms with E-state index in [2.05, 4.69) is 0 Å². The Morgan fingerprint density at radius 3 is 2.83 bits per heavy atom. The fraction of sp³-hybridized carbons (Fsp3) is 0.900. The summed E-state index contributed by atoms with van der Waals surface area (Å²) in [6.45, 7) is 0. The van der Waals surface area contributed by atoms with Gasteiger partial charge in [0.2, 0.25) is 0 Å². The molecule has 0 aromatic rings. The van der Waals surface area contributed by atoms with E-state index in [1.807, 2.05) is 0 Å². The molecule has 0 bridgehead atoms. The van der Waals surface area contributed by atoms with Crippen LogP contribution in [-0.4, -0.2) is 13.1 Å². The first-order chi connectivity index (χ1) is 5.83. The largest absolute Gasteiger partial charge is 0.469 e. The molecule has 12 heavy (non-hydrogen) atoms. The number of methoxy groups -OCH3 is 1. The van der Waals surface area contributed by atoms with Crippen LogP contribution in [0.5, 0.6) is 0 Å². The van der Waals surface area contributed by atoms with Crippen molar-refractivity contribution in [2.45, 2.75) is 32.1 Å². The molecule has 0 spiro atoms. The van der Waals surface area contributed by atoms with Gasteiger partial charge in [-0.25, -0.2) is 0 Å². The lowest BCUT2D eigenvalue weighted by atomic mass is 9.92. The van der Waals surface area contributed by atoms with Crippen molar-refractivity contribution in [3.63, 3.8) is 0 Å². The van der Waals surface area contributed by atoms with Crippen molar-refractivity contribution >= 4 is 5.97 Å². The molecule has 2 aliphatic rings. The number of hydrogen-bond donors (Lipinski definition) is 0. The highest BCUT2D eigenvalue weighted by atomic mass is 16.5. The Labute approximate surface area is 73.3 Å². The smallest absolute Gasteiger partial charge is 0.308 e. The zero-order valence-electron chi connectivity index (χ0n) is 7.58. The van der Waals surface area contributed by atoms with Gasteiger partial charge >= 0.3 is 5.97 Å². The molecule has 0 N–H and O–H groups in total. The Bertz CT molecular complexity index is 188. The predicted octanol–water partition coefficient (Wildman–Crippen LogP) is 1.99. The van der Waals surface area contributed by atoms with Gasteiger partial charge < -0.3 is 4.74 Å². The molecule has 0 saturated heterocycles. The van der Waals surface area contributed by atoms with Gasteiger partial charge in [0.05, 0.1) is 13.0 Å². The molecule has 0 radical (unpaired) electrons. The minimum absolute atomic E-state index is 0.0319. The van der Waals surface area contributed by atoms with Gasteiger partial charge in [-0.05, 0) is 31.1 Å². The van der Waals surface area contributed by atoms with Crippen molar-refractivity contribution in [1.29, 1.82) is 0 Å². The summed E-state index contributed by atoms with van der Waals surface area (Å²) in [5.74, 6) is 1.78. The molecule has 3 atom stereocenters. The number of hydrogen-bond acceptors (Lipinski definition) is 2. The maximum atomic E-state index is 11.3. The number of esters is 1. The lowest BCUT2D eigenvalue weighted by molar-refractivity contribution is -0.146. The highest BCUT2D eigenvalue weighted by Gasteiger charge is 2.42. The van der Waals surface area contributed by atoms with Crippen molar-refractivity contribution in [1.82, 2.24) is 0 Å². The van der Waals surface area contributed by atoms with Crippen LogP contribution in [0.15, 0.2) is 0 Å². The first kappa shape index (κ1) is 8.09. The number of carbonyl (C=O) groups is 1. The predicted molar refractivity (Wildman–Crippen MR) is 45.6 cm³/mol. The van der Waals surface area contributed by atoms with E-state index in [0.717, 1.165) is 12.3 Å². The van der Waals surface area contributed by atoms with Crippen LogP contribution in [0.3, 0.4) is 0 Å². The van der Waals surface area contributed by atoms with Crippen molar-refractivity contribution in [2.75, 3.05) is 7.11 Å².